The van der Waals surface area contributed by atoms with Gasteiger partial charge < -0.3 is 33.8 Å². The van der Waals surface area contributed by atoms with E-state index in [4.69, 9.17) is 37.0 Å². The minimum atomic E-state index is -4.95. The van der Waals surface area contributed by atoms with Crippen LogP contribution in [0.2, 0.25) is 0 Å². The molecule has 0 bridgehead atoms. The normalized spacial score (nSPS) is 14.1. The van der Waals surface area contributed by atoms with Crippen LogP contribution in [0.25, 0.3) is 0 Å². The molecule has 0 aliphatic carbocycles. The van der Waals surface area contributed by atoms with E-state index >= 15 is 0 Å². The van der Waals surface area contributed by atoms with Crippen molar-refractivity contribution in [1.82, 2.24) is 0 Å². The molecule has 0 aromatic rings. The third-order valence-electron chi connectivity index (χ3n) is 16.5. The molecule has 0 saturated carbocycles. The Bertz CT molecular complexity index is 1740. The van der Waals surface area contributed by atoms with E-state index in [2.05, 4.69) is 34.6 Å². The van der Waals surface area contributed by atoms with Gasteiger partial charge in [0.15, 0.2) is 12.2 Å². The van der Waals surface area contributed by atoms with Crippen molar-refractivity contribution in [2.75, 3.05) is 39.6 Å². The smallest absolute Gasteiger partial charge is 0.462 e. The molecular formula is C71H138O17P2. The van der Waals surface area contributed by atoms with Gasteiger partial charge in [-0.2, -0.15) is 0 Å². The second-order valence-corrected chi connectivity index (χ2v) is 29.0. The van der Waals surface area contributed by atoms with Crippen LogP contribution >= 0.6 is 15.6 Å². The van der Waals surface area contributed by atoms with Gasteiger partial charge in [0, 0.05) is 25.7 Å². The molecule has 0 spiro atoms. The predicted octanol–water partition coefficient (Wildman–Crippen LogP) is 20.5. The highest BCUT2D eigenvalue weighted by molar-refractivity contribution is 7.47. The second-order valence-electron chi connectivity index (χ2n) is 26.1. The number of aliphatic hydroxyl groups is 1. The topological polar surface area (TPSA) is 237 Å². The Morgan fingerprint density at radius 2 is 0.511 bits per heavy atom. The summed E-state index contributed by atoms with van der Waals surface area (Å²) in [4.78, 5) is 72.6. The average molecular weight is 1330 g/mol. The number of unbranched alkanes of at least 4 members (excludes halogenated alkanes) is 43. The third-order valence-corrected chi connectivity index (χ3v) is 18.4. The maximum atomic E-state index is 13.0. The molecule has 534 valence electrons. The van der Waals surface area contributed by atoms with Crippen molar-refractivity contribution < 1.29 is 80.2 Å². The zero-order chi connectivity index (χ0) is 66.3. The molecule has 5 atom stereocenters. The number of rotatable bonds is 71. The van der Waals surface area contributed by atoms with Crippen molar-refractivity contribution in [1.29, 1.82) is 0 Å². The van der Waals surface area contributed by atoms with Crippen LogP contribution < -0.4 is 0 Å². The molecule has 17 nitrogen and oxygen atoms in total. The van der Waals surface area contributed by atoms with Crippen LogP contribution in [0.4, 0.5) is 0 Å². The molecule has 0 aliphatic rings. The maximum absolute atomic E-state index is 13.0. The molecule has 3 N–H and O–H groups in total. The van der Waals surface area contributed by atoms with E-state index in [1.54, 1.807) is 0 Å². The first-order chi connectivity index (χ1) is 43.5. The zero-order valence-corrected chi connectivity index (χ0v) is 60.1. The van der Waals surface area contributed by atoms with Crippen molar-refractivity contribution in [3.63, 3.8) is 0 Å². The molecule has 90 heavy (non-hydrogen) atoms. The first-order valence-corrected chi connectivity index (χ1v) is 40.1. The fourth-order valence-corrected chi connectivity index (χ4v) is 12.4. The summed E-state index contributed by atoms with van der Waals surface area (Å²) in [7, 11) is -9.90. The first-order valence-electron chi connectivity index (χ1n) is 37.1. The van der Waals surface area contributed by atoms with E-state index in [1.807, 2.05) is 0 Å². The van der Waals surface area contributed by atoms with Crippen molar-refractivity contribution in [2.45, 2.75) is 387 Å². The molecule has 0 amide bonds. The van der Waals surface area contributed by atoms with Gasteiger partial charge in [-0.15, -0.1) is 0 Å². The average Bonchev–Trinajstić information content (AvgIpc) is 3.30. The first kappa shape index (κ1) is 88.1. The Labute approximate surface area is 549 Å². The molecule has 0 aliphatic heterocycles. The van der Waals surface area contributed by atoms with Gasteiger partial charge in [0.1, 0.15) is 19.3 Å². The lowest BCUT2D eigenvalue weighted by Crippen LogP contribution is -2.30. The number of hydrogen-bond donors (Lipinski definition) is 3. The lowest BCUT2D eigenvalue weighted by molar-refractivity contribution is -0.161. The molecule has 0 heterocycles. The number of esters is 4. The molecule has 0 rings (SSSR count). The fourth-order valence-electron chi connectivity index (χ4n) is 10.8. The molecule has 0 fully saturated rings. The predicted molar refractivity (Wildman–Crippen MR) is 363 cm³/mol. The van der Waals surface area contributed by atoms with Crippen LogP contribution in [0, 0.1) is 5.92 Å². The number of carbonyl (C=O) groups excluding carboxylic acids is 4. The summed E-state index contributed by atoms with van der Waals surface area (Å²) in [6, 6.07) is 0. The van der Waals surface area contributed by atoms with Crippen molar-refractivity contribution in [3.05, 3.63) is 0 Å². The number of phosphoric ester groups is 2. The van der Waals surface area contributed by atoms with Crippen LogP contribution in [0.1, 0.15) is 369 Å². The monoisotopic (exact) mass is 1320 g/mol. The quantitative estimate of drug-likeness (QED) is 0.0222. The Kier molecular flexibility index (Phi) is 63.0. The summed E-state index contributed by atoms with van der Waals surface area (Å²) in [6.45, 7) is 7.26. The van der Waals surface area contributed by atoms with Crippen LogP contribution in [0.15, 0.2) is 0 Å². The van der Waals surface area contributed by atoms with Gasteiger partial charge in [0.2, 0.25) is 0 Å². The van der Waals surface area contributed by atoms with Crippen molar-refractivity contribution in [2.24, 2.45) is 5.92 Å². The largest absolute Gasteiger partial charge is 0.472 e. The van der Waals surface area contributed by atoms with Gasteiger partial charge in [-0.1, -0.05) is 317 Å². The number of phosphoric acid groups is 2. The van der Waals surface area contributed by atoms with Crippen LogP contribution in [-0.2, 0) is 65.4 Å². The van der Waals surface area contributed by atoms with Crippen LogP contribution in [0.5, 0.6) is 0 Å². The fraction of sp³-hybridized carbons (Fsp3) is 0.944. The summed E-state index contributed by atoms with van der Waals surface area (Å²) in [5.41, 5.74) is 0. The molecule has 0 saturated heterocycles. The lowest BCUT2D eigenvalue weighted by Gasteiger charge is -2.21. The highest BCUT2D eigenvalue weighted by atomic mass is 31.2. The summed E-state index contributed by atoms with van der Waals surface area (Å²) in [5, 5.41) is 10.6. The number of hydrogen-bond acceptors (Lipinski definition) is 15. The van der Waals surface area contributed by atoms with Gasteiger partial charge >= 0.3 is 39.5 Å². The Hall–Kier alpha value is -1.94. The molecule has 0 aromatic carbocycles. The van der Waals surface area contributed by atoms with E-state index in [0.717, 1.165) is 95.8 Å². The third kappa shape index (κ3) is 64.8. The van der Waals surface area contributed by atoms with E-state index in [9.17, 15) is 43.2 Å². The van der Waals surface area contributed by atoms with Gasteiger partial charge in [-0.25, -0.2) is 9.13 Å². The van der Waals surface area contributed by atoms with Gasteiger partial charge in [-0.3, -0.25) is 37.3 Å². The number of carbonyl (C=O) groups is 4. The Morgan fingerprint density at radius 3 is 0.756 bits per heavy atom. The van der Waals surface area contributed by atoms with E-state index in [-0.39, 0.29) is 25.7 Å². The van der Waals surface area contributed by atoms with Crippen LogP contribution in [-0.4, -0.2) is 96.7 Å². The second kappa shape index (κ2) is 64.4. The van der Waals surface area contributed by atoms with Gasteiger partial charge in [-0.05, 0) is 31.6 Å². The zero-order valence-electron chi connectivity index (χ0n) is 58.3. The lowest BCUT2D eigenvalue weighted by atomic mass is 10.0. The summed E-state index contributed by atoms with van der Waals surface area (Å²) in [5.74, 6) is -1.34. The van der Waals surface area contributed by atoms with Crippen molar-refractivity contribution >= 4 is 39.5 Å². The highest BCUT2D eigenvalue weighted by Crippen LogP contribution is 2.45. The number of ether oxygens (including phenoxy) is 4. The summed E-state index contributed by atoms with van der Waals surface area (Å²) >= 11 is 0. The standard InChI is InChI=1S/C71H138O17P2/c1-6-9-12-15-18-21-24-26-31-35-40-45-50-55-69(74)82-61-67(88-71(76)57-52-47-42-37-32-28-27-29-33-38-43-48-53-64(4)5)63-86-90(79,80)84-59-65(72)58-83-89(77,78)85-62-66(60-81-68(73)54-49-44-39-34-23-20-17-14-11-8-3)87-70(75)56-51-46-41-36-30-25-22-19-16-13-10-7-2/h64-67,72H,6-63H2,1-5H3,(H,77,78)(H,79,80)/t65-,66+,67+/m0/s1. The summed E-state index contributed by atoms with van der Waals surface area (Å²) in [6.07, 6.45) is 51.1. The Balaban J connectivity index is 5.25. The van der Waals surface area contributed by atoms with Crippen molar-refractivity contribution in [3.8, 4) is 0 Å². The SMILES string of the molecule is CCCCCCCCCCCCCCCC(=O)OC[C@H](COP(=O)(O)OC[C@@H](O)COP(=O)(O)OC[C@@H](COC(=O)CCCCCCCCCCCC)OC(=O)CCCCCCCCCCCCCC)OC(=O)CCCCCCCCCCCCCCC(C)C. The van der Waals surface area contributed by atoms with E-state index in [0.29, 0.717) is 25.7 Å². The molecule has 2 unspecified atom stereocenters. The van der Waals surface area contributed by atoms with Gasteiger partial charge in [0.05, 0.1) is 26.4 Å². The molecule has 0 aromatic heterocycles. The van der Waals surface area contributed by atoms with Gasteiger partial charge in [0.25, 0.3) is 0 Å². The van der Waals surface area contributed by atoms with E-state index in [1.165, 1.54) is 193 Å². The highest BCUT2D eigenvalue weighted by Gasteiger charge is 2.30. The molecule has 0 radical (unpaired) electrons. The summed E-state index contributed by atoms with van der Waals surface area (Å²) < 4.78 is 68.3. The molecular weight excluding hydrogens is 1190 g/mol. The maximum Gasteiger partial charge on any atom is 0.472 e. The van der Waals surface area contributed by atoms with E-state index < -0.39 is 97.5 Å². The number of aliphatic hydroxyl groups excluding tert-OH is 1. The van der Waals surface area contributed by atoms with Crippen LogP contribution in [0.3, 0.4) is 0 Å². The minimum absolute atomic E-state index is 0.108. The molecule has 19 heteroatoms. The Morgan fingerprint density at radius 1 is 0.300 bits per heavy atom. The minimum Gasteiger partial charge on any atom is -0.462 e.